The second-order valence-electron chi connectivity index (χ2n) is 4.33. The van der Waals surface area contributed by atoms with Crippen molar-refractivity contribution in [3.8, 4) is 0 Å². The maximum absolute atomic E-state index is 11.8. The van der Waals surface area contributed by atoms with E-state index in [4.69, 9.17) is 17.2 Å². The molecule has 0 spiro atoms. The molecule has 0 aliphatic carbocycles. The van der Waals surface area contributed by atoms with Gasteiger partial charge in [0.25, 0.3) is 0 Å². The molecule has 20 heavy (non-hydrogen) atoms. The van der Waals surface area contributed by atoms with Gasteiger partial charge in [-0.15, -0.1) is 0 Å². The molecule has 0 saturated carbocycles. The fourth-order valence-corrected chi connectivity index (χ4v) is 1.65. The smallest absolute Gasteiger partial charge is 0.248 e. The number of rotatable bonds is 3. The summed E-state index contributed by atoms with van der Waals surface area (Å²) in [6, 6.07) is 12.0. The molecule has 0 saturated heterocycles. The van der Waals surface area contributed by atoms with E-state index in [1.165, 1.54) is 6.08 Å². The first-order valence-electron chi connectivity index (χ1n) is 6.04. The third-order valence-corrected chi connectivity index (χ3v) is 2.70. The Kier molecular flexibility index (Phi) is 3.91. The summed E-state index contributed by atoms with van der Waals surface area (Å²) in [5.74, 6) is -0.253. The van der Waals surface area contributed by atoms with Crippen molar-refractivity contribution in [3.63, 3.8) is 0 Å². The predicted octanol–water partition coefficient (Wildman–Crippen LogP) is 2.09. The molecule has 5 heteroatoms. The number of carbonyl (C=O) groups excluding carboxylic acids is 1. The van der Waals surface area contributed by atoms with Gasteiger partial charge in [0.2, 0.25) is 5.91 Å². The second kappa shape index (κ2) is 5.79. The molecule has 0 aromatic heterocycles. The summed E-state index contributed by atoms with van der Waals surface area (Å²) in [6.07, 6.45) is 3.03. The summed E-state index contributed by atoms with van der Waals surface area (Å²) >= 11 is 0. The molecule has 0 atom stereocenters. The van der Waals surface area contributed by atoms with Crippen LogP contribution in [0.4, 0.5) is 22.7 Å². The van der Waals surface area contributed by atoms with Crippen LogP contribution in [0.2, 0.25) is 0 Å². The van der Waals surface area contributed by atoms with E-state index in [1.807, 2.05) is 0 Å². The molecular formula is C15H16N4O. The van der Waals surface area contributed by atoms with E-state index in [0.717, 1.165) is 0 Å². The SMILES string of the molecule is Nc1ccc(NC(=O)C=Cc2cc(N)ccc2N)cc1. The van der Waals surface area contributed by atoms with Gasteiger partial charge < -0.3 is 22.5 Å². The summed E-state index contributed by atoms with van der Waals surface area (Å²) in [7, 11) is 0. The lowest BCUT2D eigenvalue weighted by Gasteiger charge is -2.03. The number of carbonyl (C=O) groups is 1. The lowest BCUT2D eigenvalue weighted by molar-refractivity contribution is -0.111. The predicted molar refractivity (Wildman–Crippen MR) is 83.8 cm³/mol. The first kappa shape index (κ1) is 13.5. The lowest BCUT2D eigenvalue weighted by Crippen LogP contribution is -2.07. The van der Waals surface area contributed by atoms with Crippen LogP contribution in [0.15, 0.2) is 48.5 Å². The maximum atomic E-state index is 11.8. The van der Waals surface area contributed by atoms with Crippen LogP contribution in [0, 0.1) is 0 Å². The molecular weight excluding hydrogens is 252 g/mol. The minimum absolute atomic E-state index is 0.253. The number of hydrogen-bond acceptors (Lipinski definition) is 4. The van der Waals surface area contributed by atoms with Crippen LogP contribution in [0.3, 0.4) is 0 Å². The molecule has 2 rings (SSSR count). The molecule has 0 bridgehead atoms. The van der Waals surface area contributed by atoms with Crippen molar-refractivity contribution in [2.75, 3.05) is 22.5 Å². The van der Waals surface area contributed by atoms with Gasteiger partial charge in [0.1, 0.15) is 0 Å². The van der Waals surface area contributed by atoms with E-state index in [1.54, 1.807) is 48.5 Å². The summed E-state index contributed by atoms with van der Waals surface area (Å²) in [6.45, 7) is 0. The average molecular weight is 268 g/mol. The zero-order chi connectivity index (χ0) is 14.5. The van der Waals surface area contributed by atoms with E-state index < -0.39 is 0 Å². The minimum atomic E-state index is -0.253. The van der Waals surface area contributed by atoms with Crippen LogP contribution >= 0.6 is 0 Å². The number of anilines is 4. The van der Waals surface area contributed by atoms with Gasteiger partial charge in [0, 0.05) is 28.8 Å². The highest BCUT2D eigenvalue weighted by molar-refractivity contribution is 6.02. The summed E-state index contributed by atoms with van der Waals surface area (Å²) < 4.78 is 0. The molecule has 0 fully saturated rings. The molecule has 0 aliphatic heterocycles. The van der Waals surface area contributed by atoms with Crippen LogP contribution in [0.5, 0.6) is 0 Å². The molecule has 7 N–H and O–H groups in total. The van der Waals surface area contributed by atoms with Crippen molar-refractivity contribution in [1.82, 2.24) is 0 Å². The van der Waals surface area contributed by atoms with E-state index in [0.29, 0.717) is 28.3 Å². The van der Waals surface area contributed by atoms with Gasteiger partial charge in [0.05, 0.1) is 0 Å². The lowest BCUT2D eigenvalue weighted by atomic mass is 10.1. The number of benzene rings is 2. The number of nitrogens with one attached hydrogen (secondary N) is 1. The van der Waals surface area contributed by atoms with Gasteiger partial charge in [-0.2, -0.15) is 0 Å². The fraction of sp³-hybridized carbons (Fsp3) is 0. The molecule has 102 valence electrons. The van der Waals surface area contributed by atoms with Gasteiger partial charge >= 0.3 is 0 Å². The van der Waals surface area contributed by atoms with E-state index >= 15 is 0 Å². The second-order valence-corrected chi connectivity index (χ2v) is 4.33. The molecule has 0 heterocycles. The van der Waals surface area contributed by atoms with Gasteiger partial charge in [-0.25, -0.2) is 0 Å². The topological polar surface area (TPSA) is 107 Å². The summed E-state index contributed by atoms with van der Waals surface area (Å²) in [5, 5.41) is 2.72. The normalized spacial score (nSPS) is 10.6. The molecule has 1 amide bonds. The first-order chi connectivity index (χ1) is 9.54. The Morgan fingerprint density at radius 2 is 1.60 bits per heavy atom. The third-order valence-electron chi connectivity index (χ3n) is 2.70. The Balaban J connectivity index is 2.05. The standard InChI is InChI=1S/C15H16N4O/c16-11-2-5-13(6-3-11)19-15(20)8-1-10-9-12(17)4-7-14(10)18/h1-9H,16-18H2,(H,19,20). The van der Waals surface area contributed by atoms with Gasteiger partial charge in [-0.1, -0.05) is 0 Å². The third kappa shape index (κ3) is 3.52. The minimum Gasteiger partial charge on any atom is -0.399 e. The summed E-state index contributed by atoms with van der Waals surface area (Å²) in [5.41, 5.74) is 20.2. The Bertz CT molecular complexity index is 647. The molecule has 0 aliphatic rings. The first-order valence-corrected chi connectivity index (χ1v) is 6.04. The zero-order valence-corrected chi connectivity index (χ0v) is 10.8. The quantitative estimate of drug-likeness (QED) is 0.505. The number of nitrogens with two attached hydrogens (primary N) is 3. The van der Waals surface area contributed by atoms with E-state index in [2.05, 4.69) is 5.32 Å². The van der Waals surface area contributed by atoms with Crippen LogP contribution < -0.4 is 22.5 Å². The Hall–Kier alpha value is -2.95. The van der Waals surface area contributed by atoms with Crippen LogP contribution in [0.25, 0.3) is 6.08 Å². The molecule has 0 unspecified atom stereocenters. The highest BCUT2D eigenvalue weighted by Gasteiger charge is 1.99. The van der Waals surface area contributed by atoms with Crippen molar-refractivity contribution in [1.29, 1.82) is 0 Å². The Morgan fingerprint density at radius 1 is 0.950 bits per heavy atom. The van der Waals surface area contributed by atoms with E-state index in [9.17, 15) is 4.79 Å². The van der Waals surface area contributed by atoms with Crippen LogP contribution in [0.1, 0.15) is 5.56 Å². The zero-order valence-electron chi connectivity index (χ0n) is 10.8. The monoisotopic (exact) mass is 268 g/mol. The van der Waals surface area contributed by atoms with Crippen LogP contribution in [-0.4, -0.2) is 5.91 Å². The molecule has 0 radical (unpaired) electrons. The number of amides is 1. The molecule has 2 aromatic carbocycles. The van der Waals surface area contributed by atoms with Crippen molar-refractivity contribution in [2.45, 2.75) is 0 Å². The van der Waals surface area contributed by atoms with Crippen molar-refractivity contribution >= 4 is 34.7 Å². The number of nitrogen functional groups attached to an aromatic ring is 3. The van der Waals surface area contributed by atoms with Gasteiger partial charge in [-0.05, 0) is 54.1 Å². The fourth-order valence-electron chi connectivity index (χ4n) is 1.65. The number of hydrogen-bond donors (Lipinski definition) is 4. The maximum Gasteiger partial charge on any atom is 0.248 e. The molecule has 5 nitrogen and oxygen atoms in total. The van der Waals surface area contributed by atoms with Gasteiger partial charge in [0.15, 0.2) is 0 Å². The van der Waals surface area contributed by atoms with Crippen molar-refractivity contribution in [2.24, 2.45) is 0 Å². The highest BCUT2D eigenvalue weighted by atomic mass is 16.1. The Labute approximate surface area is 117 Å². The van der Waals surface area contributed by atoms with Crippen molar-refractivity contribution in [3.05, 3.63) is 54.1 Å². The average Bonchev–Trinajstić information content (AvgIpc) is 2.42. The highest BCUT2D eigenvalue weighted by Crippen LogP contribution is 2.17. The van der Waals surface area contributed by atoms with Gasteiger partial charge in [-0.3, -0.25) is 4.79 Å². The molecule has 2 aromatic rings. The Morgan fingerprint density at radius 3 is 2.30 bits per heavy atom. The van der Waals surface area contributed by atoms with Crippen LogP contribution in [-0.2, 0) is 4.79 Å². The summed E-state index contributed by atoms with van der Waals surface area (Å²) in [4.78, 5) is 11.8. The largest absolute Gasteiger partial charge is 0.399 e. The van der Waals surface area contributed by atoms with E-state index in [-0.39, 0.29) is 5.91 Å². The van der Waals surface area contributed by atoms with Crippen molar-refractivity contribution < 1.29 is 4.79 Å².